The molecule has 0 aliphatic rings. The number of para-hydroxylation sites is 1. The Morgan fingerprint density at radius 1 is 0.933 bits per heavy atom. The van der Waals surface area contributed by atoms with Crippen molar-refractivity contribution in [2.75, 3.05) is 17.2 Å². The number of hydrogen-bond acceptors (Lipinski definition) is 4. The molecule has 3 aromatic carbocycles. The number of benzene rings is 3. The molecule has 0 heterocycles. The van der Waals surface area contributed by atoms with E-state index in [1.807, 2.05) is 38.1 Å². The zero-order valence-corrected chi connectivity index (χ0v) is 18.3. The minimum atomic E-state index is -3.78. The van der Waals surface area contributed by atoms with Crippen LogP contribution < -0.4 is 10.6 Å². The molecule has 3 rings (SSSR count). The molecule has 0 fully saturated rings. The lowest BCUT2D eigenvalue weighted by atomic mass is 10.1. The number of aryl methyl sites for hydroxylation is 2. The molecule has 1 amide bonds. The van der Waals surface area contributed by atoms with Crippen LogP contribution in [0.5, 0.6) is 0 Å². The van der Waals surface area contributed by atoms with Gasteiger partial charge in [-0.25, -0.2) is 8.42 Å². The van der Waals surface area contributed by atoms with Gasteiger partial charge in [0, 0.05) is 5.69 Å². The maximum Gasteiger partial charge on any atom is 0.243 e. The molecule has 0 aliphatic heterocycles. The van der Waals surface area contributed by atoms with Crippen molar-refractivity contribution in [2.24, 2.45) is 0 Å². The van der Waals surface area contributed by atoms with Gasteiger partial charge < -0.3 is 10.6 Å². The molecule has 30 heavy (non-hydrogen) atoms. The van der Waals surface area contributed by atoms with Crippen molar-refractivity contribution in [3.8, 4) is 0 Å². The zero-order valence-electron chi connectivity index (χ0n) is 16.8. The first kappa shape index (κ1) is 21.9. The summed E-state index contributed by atoms with van der Waals surface area (Å²) in [6.45, 7) is 3.85. The number of halogens is 1. The second-order valence-electron chi connectivity index (χ2n) is 6.85. The van der Waals surface area contributed by atoms with Gasteiger partial charge in [-0.15, -0.1) is 0 Å². The monoisotopic (exact) mass is 442 g/mol. The lowest BCUT2D eigenvalue weighted by Crippen LogP contribution is -2.22. The van der Waals surface area contributed by atoms with E-state index in [-0.39, 0.29) is 27.3 Å². The first-order valence-corrected chi connectivity index (χ1v) is 11.4. The highest BCUT2D eigenvalue weighted by Crippen LogP contribution is 2.33. The average molecular weight is 443 g/mol. The second-order valence-corrected chi connectivity index (χ2v) is 9.14. The topological polar surface area (TPSA) is 75.3 Å². The van der Waals surface area contributed by atoms with Gasteiger partial charge in [-0.05, 0) is 49.2 Å². The third kappa shape index (κ3) is 4.83. The molecule has 2 N–H and O–H groups in total. The minimum Gasteiger partial charge on any atom is -0.375 e. The smallest absolute Gasteiger partial charge is 0.243 e. The van der Waals surface area contributed by atoms with E-state index in [1.54, 1.807) is 36.4 Å². The number of rotatable bonds is 7. The Labute approximate surface area is 182 Å². The van der Waals surface area contributed by atoms with Crippen LogP contribution in [0.25, 0.3) is 0 Å². The molecule has 5 nitrogen and oxygen atoms in total. The number of anilines is 2. The van der Waals surface area contributed by atoms with Gasteiger partial charge in [0.15, 0.2) is 0 Å². The van der Waals surface area contributed by atoms with Crippen LogP contribution in [-0.4, -0.2) is 20.9 Å². The molecule has 0 aromatic heterocycles. The Bertz CT molecular complexity index is 1160. The summed E-state index contributed by atoms with van der Waals surface area (Å²) in [6, 6.07) is 18.9. The second kappa shape index (κ2) is 9.32. The number of carbonyl (C=O) groups excluding carboxylic acids is 1. The maximum absolute atomic E-state index is 13.0. The van der Waals surface area contributed by atoms with E-state index in [0.717, 1.165) is 23.2 Å². The van der Waals surface area contributed by atoms with Crippen LogP contribution in [0.1, 0.15) is 18.1 Å². The lowest BCUT2D eigenvalue weighted by Gasteiger charge is -2.14. The molecule has 0 bridgehead atoms. The molecule has 3 aromatic rings. The Morgan fingerprint density at radius 2 is 1.60 bits per heavy atom. The molecular formula is C23H23ClN2O3S. The normalized spacial score (nSPS) is 11.2. The summed E-state index contributed by atoms with van der Waals surface area (Å²) < 4.78 is 26.0. The highest BCUT2D eigenvalue weighted by atomic mass is 35.5. The van der Waals surface area contributed by atoms with Gasteiger partial charge in [0.1, 0.15) is 0 Å². The third-order valence-electron chi connectivity index (χ3n) is 4.70. The van der Waals surface area contributed by atoms with E-state index in [2.05, 4.69) is 10.6 Å². The van der Waals surface area contributed by atoms with E-state index in [1.165, 1.54) is 6.07 Å². The number of nitrogens with one attached hydrogen (secondary N) is 2. The zero-order chi connectivity index (χ0) is 21.7. The fourth-order valence-corrected chi connectivity index (χ4v) is 4.87. The molecule has 7 heteroatoms. The van der Waals surface area contributed by atoms with Gasteiger partial charge in [-0.1, -0.05) is 60.5 Å². The fourth-order valence-electron chi connectivity index (χ4n) is 3.02. The largest absolute Gasteiger partial charge is 0.375 e. The van der Waals surface area contributed by atoms with E-state index in [9.17, 15) is 13.2 Å². The Balaban J connectivity index is 1.77. The summed E-state index contributed by atoms with van der Waals surface area (Å²) in [5.41, 5.74) is 3.14. The highest BCUT2D eigenvalue weighted by molar-refractivity contribution is 7.91. The number of sulfone groups is 1. The highest BCUT2D eigenvalue weighted by Gasteiger charge is 2.22. The standard InChI is InChI=1S/C23H23ClN2O3S/c1-3-17-7-4-5-8-19(17)26-22(27)15-25-20-9-6-10-21(23(20)24)30(28,29)18-13-11-16(2)12-14-18/h4-14,25H,3,15H2,1-2H3,(H,26,27). The van der Waals surface area contributed by atoms with Crippen molar-refractivity contribution in [3.63, 3.8) is 0 Å². The van der Waals surface area contributed by atoms with Gasteiger partial charge in [0.25, 0.3) is 0 Å². The van der Waals surface area contributed by atoms with Gasteiger partial charge in [-0.3, -0.25) is 4.79 Å². The van der Waals surface area contributed by atoms with Crippen molar-refractivity contribution in [3.05, 3.63) is 82.9 Å². The summed E-state index contributed by atoms with van der Waals surface area (Å²) in [7, 11) is -3.78. The number of carbonyl (C=O) groups is 1. The SMILES string of the molecule is CCc1ccccc1NC(=O)CNc1cccc(S(=O)(=O)c2ccc(C)cc2)c1Cl. The first-order valence-electron chi connectivity index (χ1n) is 9.55. The Morgan fingerprint density at radius 3 is 2.30 bits per heavy atom. The number of hydrogen-bond donors (Lipinski definition) is 2. The van der Waals surface area contributed by atoms with Gasteiger partial charge in [-0.2, -0.15) is 0 Å². The summed E-state index contributed by atoms with van der Waals surface area (Å²) >= 11 is 6.39. The molecule has 156 valence electrons. The van der Waals surface area contributed by atoms with E-state index in [4.69, 9.17) is 11.6 Å². The van der Waals surface area contributed by atoms with Crippen molar-refractivity contribution in [1.29, 1.82) is 0 Å². The van der Waals surface area contributed by atoms with Crippen molar-refractivity contribution in [1.82, 2.24) is 0 Å². The van der Waals surface area contributed by atoms with Gasteiger partial charge in [0.2, 0.25) is 15.7 Å². The first-order chi connectivity index (χ1) is 14.3. The molecule has 0 spiro atoms. The summed E-state index contributed by atoms with van der Waals surface area (Å²) in [5.74, 6) is -0.251. The quantitative estimate of drug-likeness (QED) is 0.534. The van der Waals surface area contributed by atoms with E-state index >= 15 is 0 Å². The molecule has 0 atom stereocenters. The molecule has 0 unspecified atom stereocenters. The van der Waals surface area contributed by atoms with Crippen LogP contribution in [0.3, 0.4) is 0 Å². The fraction of sp³-hybridized carbons (Fsp3) is 0.174. The minimum absolute atomic E-state index is 0.00486. The van der Waals surface area contributed by atoms with Crippen molar-refractivity contribution >= 4 is 38.7 Å². The summed E-state index contributed by atoms with van der Waals surface area (Å²) in [6.07, 6.45) is 0.800. The van der Waals surface area contributed by atoms with Crippen LogP contribution in [0.2, 0.25) is 5.02 Å². The molecule has 0 aliphatic carbocycles. The molecule has 0 radical (unpaired) electrons. The predicted molar refractivity (Wildman–Crippen MR) is 121 cm³/mol. The average Bonchev–Trinajstić information content (AvgIpc) is 2.73. The lowest BCUT2D eigenvalue weighted by molar-refractivity contribution is -0.114. The summed E-state index contributed by atoms with van der Waals surface area (Å²) in [4.78, 5) is 12.5. The Kier molecular flexibility index (Phi) is 6.80. The van der Waals surface area contributed by atoms with Crippen molar-refractivity contribution < 1.29 is 13.2 Å². The summed E-state index contributed by atoms with van der Waals surface area (Å²) in [5, 5.41) is 5.85. The van der Waals surface area contributed by atoms with Crippen LogP contribution >= 0.6 is 11.6 Å². The van der Waals surface area contributed by atoms with Crippen LogP contribution in [0, 0.1) is 6.92 Å². The van der Waals surface area contributed by atoms with Gasteiger partial charge >= 0.3 is 0 Å². The van der Waals surface area contributed by atoms with Crippen LogP contribution in [0.4, 0.5) is 11.4 Å². The van der Waals surface area contributed by atoms with E-state index in [0.29, 0.717) is 5.69 Å². The Hall–Kier alpha value is -2.83. The predicted octanol–water partition coefficient (Wildman–Crippen LogP) is 5.09. The number of amides is 1. The molecule has 0 saturated carbocycles. The molecular weight excluding hydrogens is 420 g/mol. The van der Waals surface area contributed by atoms with Crippen LogP contribution in [-0.2, 0) is 21.1 Å². The third-order valence-corrected chi connectivity index (χ3v) is 7.03. The van der Waals surface area contributed by atoms with Crippen molar-refractivity contribution in [2.45, 2.75) is 30.1 Å². The van der Waals surface area contributed by atoms with Crippen LogP contribution in [0.15, 0.2) is 76.5 Å². The molecule has 0 saturated heterocycles. The van der Waals surface area contributed by atoms with Gasteiger partial charge in [0.05, 0.1) is 27.0 Å². The maximum atomic E-state index is 13.0. The van der Waals surface area contributed by atoms with E-state index < -0.39 is 9.84 Å².